The maximum Gasteiger partial charge on any atom is 0.417 e. The van der Waals surface area contributed by atoms with Gasteiger partial charge in [-0.3, -0.25) is 4.79 Å². The summed E-state index contributed by atoms with van der Waals surface area (Å²) in [6, 6.07) is 14.0. The van der Waals surface area contributed by atoms with Gasteiger partial charge in [-0.2, -0.15) is 13.2 Å². The van der Waals surface area contributed by atoms with Gasteiger partial charge in [0.2, 0.25) is 0 Å². The Morgan fingerprint density at radius 3 is 2.54 bits per heavy atom. The van der Waals surface area contributed by atoms with E-state index in [9.17, 15) is 18.0 Å². The standard InChI is InChI=1S/C21H19F3N2OS/c1-3-13(2)25-20(27)15-12-19(26-17-10-6-4-8-14(15)17)28-18-11-7-5-9-16(18)21(22,23)24/h4-13H,3H2,1-2H3,(H,25,27)/t13-/m0/s1. The molecule has 3 rings (SSSR count). The summed E-state index contributed by atoms with van der Waals surface area (Å²) in [6.45, 7) is 3.86. The second kappa shape index (κ2) is 8.22. The molecule has 0 unspecified atom stereocenters. The van der Waals surface area contributed by atoms with Crippen LogP contribution in [0.25, 0.3) is 10.9 Å². The highest BCUT2D eigenvalue weighted by Crippen LogP contribution is 2.39. The summed E-state index contributed by atoms with van der Waals surface area (Å²) in [5.74, 6) is -0.265. The van der Waals surface area contributed by atoms with Gasteiger partial charge in [-0.1, -0.05) is 49.0 Å². The van der Waals surface area contributed by atoms with Crippen LogP contribution in [0.4, 0.5) is 13.2 Å². The largest absolute Gasteiger partial charge is 0.417 e. The van der Waals surface area contributed by atoms with Gasteiger partial charge in [0.25, 0.3) is 5.91 Å². The number of nitrogens with one attached hydrogen (secondary N) is 1. The van der Waals surface area contributed by atoms with E-state index in [2.05, 4.69) is 10.3 Å². The average Bonchev–Trinajstić information content (AvgIpc) is 2.66. The van der Waals surface area contributed by atoms with Crippen molar-refractivity contribution in [3.63, 3.8) is 0 Å². The van der Waals surface area contributed by atoms with Crippen molar-refractivity contribution in [2.45, 2.75) is 42.4 Å². The van der Waals surface area contributed by atoms with Crippen molar-refractivity contribution in [1.29, 1.82) is 0 Å². The zero-order chi connectivity index (χ0) is 20.3. The zero-order valence-electron chi connectivity index (χ0n) is 15.4. The van der Waals surface area contributed by atoms with Crippen molar-refractivity contribution >= 4 is 28.6 Å². The molecule has 0 spiro atoms. The Labute approximate surface area is 165 Å². The van der Waals surface area contributed by atoms with E-state index in [0.717, 1.165) is 24.2 Å². The molecular weight excluding hydrogens is 385 g/mol. The lowest BCUT2D eigenvalue weighted by Gasteiger charge is -2.15. The molecule has 0 aliphatic heterocycles. The third kappa shape index (κ3) is 4.47. The van der Waals surface area contributed by atoms with Crippen molar-refractivity contribution in [3.05, 3.63) is 65.7 Å². The topological polar surface area (TPSA) is 42.0 Å². The van der Waals surface area contributed by atoms with Crippen LogP contribution in [0.15, 0.2) is 64.5 Å². The van der Waals surface area contributed by atoms with Gasteiger partial charge in [0.1, 0.15) is 5.03 Å². The van der Waals surface area contributed by atoms with Crippen molar-refractivity contribution < 1.29 is 18.0 Å². The second-order valence-corrected chi connectivity index (χ2v) is 7.47. The van der Waals surface area contributed by atoms with Crippen molar-refractivity contribution in [2.75, 3.05) is 0 Å². The predicted octanol–water partition coefficient (Wildman–Crippen LogP) is 5.93. The number of fused-ring (bicyclic) bond motifs is 1. The van der Waals surface area contributed by atoms with Gasteiger partial charge in [-0.15, -0.1) is 0 Å². The van der Waals surface area contributed by atoms with Crippen molar-refractivity contribution in [2.24, 2.45) is 0 Å². The molecule has 28 heavy (non-hydrogen) atoms. The number of benzene rings is 2. The van der Waals surface area contributed by atoms with E-state index in [0.29, 0.717) is 21.5 Å². The number of rotatable bonds is 5. The first-order valence-corrected chi connectivity index (χ1v) is 9.66. The van der Waals surface area contributed by atoms with E-state index >= 15 is 0 Å². The highest BCUT2D eigenvalue weighted by molar-refractivity contribution is 7.99. The highest BCUT2D eigenvalue weighted by atomic mass is 32.2. The number of para-hydroxylation sites is 1. The smallest absolute Gasteiger partial charge is 0.350 e. The summed E-state index contributed by atoms with van der Waals surface area (Å²) >= 11 is 0.901. The molecule has 1 amide bonds. The lowest BCUT2D eigenvalue weighted by atomic mass is 10.1. The minimum Gasteiger partial charge on any atom is -0.350 e. The number of pyridine rings is 1. The summed E-state index contributed by atoms with van der Waals surface area (Å²) in [7, 11) is 0. The van der Waals surface area contributed by atoms with E-state index < -0.39 is 11.7 Å². The Kier molecular flexibility index (Phi) is 5.93. The first-order valence-electron chi connectivity index (χ1n) is 8.84. The molecule has 0 aliphatic rings. The molecule has 1 aromatic heterocycles. The lowest BCUT2D eigenvalue weighted by Crippen LogP contribution is -2.32. The van der Waals surface area contributed by atoms with Gasteiger partial charge in [0.15, 0.2) is 0 Å². The number of hydrogen-bond donors (Lipinski definition) is 1. The van der Waals surface area contributed by atoms with Gasteiger partial charge in [0, 0.05) is 16.3 Å². The quantitative estimate of drug-likeness (QED) is 0.573. The number of amides is 1. The molecule has 0 radical (unpaired) electrons. The summed E-state index contributed by atoms with van der Waals surface area (Å²) in [5.41, 5.74) is 0.241. The fourth-order valence-corrected chi connectivity index (χ4v) is 3.68. The number of hydrogen-bond acceptors (Lipinski definition) is 3. The third-order valence-corrected chi connectivity index (χ3v) is 5.33. The van der Waals surface area contributed by atoms with Crippen LogP contribution in [0.3, 0.4) is 0 Å². The maximum atomic E-state index is 13.3. The molecule has 0 aliphatic carbocycles. The number of carbonyl (C=O) groups is 1. The third-order valence-electron chi connectivity index (χ3n) is 4.33. The van der Waals surface area contributed by atoms with E-state index in [1.807, 2.05) is 13.8 Å². The van der Waals surface area contributed by atoms with Crippen molar-refractivity contribution in [1.82, 2.24) is 10.3 Å². The molecule has 1 heterocycles. The number of aromatic nitrogens is 1. The van der Waals surface area contributed by atoms with E-state index in [1.165, 1.54) is 12.1 Å². The summed E-state index contributed by atoms with van der Waals surface area (Å²) in [6.07, 6.45) is -3.69. The Balaban J connectivity index is 2.05. The van der Waals surface area contributed by atoms with Crippen LogP contribution in [0, 0.1) is 0 Å². The number of halogens is 3. The molecule has 0 saturated carbocycles. The van der Waals surface area contributed by atoms with Crippen LogP contribution in [-0.4, -0.2) is 16.9 Å². The molecule has 1 N–H and O–H groups in total. The van der Waals surface area contributed by atoms with Crippen LogP contribution in [0.5, 0.6) is 0 Å². The maximum absolute atomic E-state index is 13.3. The van der Waals surface area contributed by atoms with Crippen LogP contribution >= 0.6 is 11.8 Å². The van der Waals surface area contributed by atoms with Crippen molar-refractivity contribution in [3.8, 4) is 0 Å². The zero-order valence-corrected chi connectivity index (χ0v) is 16.2. The molecule has 3 nitrogen and oxygen atoms in total. The fourth-order valence-electron chi connectivity index (χ4n) is 2.70. The number of alkyl halides is 3. The molecular formula is C21H19F3N2OS. The fraction of sp³-hybridized carbons (Fsp3) is 0.238. The minimum absolute atomic E-state index is 0.0125. The number of nitrogens with zero attached hydrogens (tertiary/aromatic N) is 1. The van der Waals surface area contributed by atoms with Gasteiger partial charge < -0.3 is 5.32 Å². The Morgan fingerprint density at radius 1 is 1.14 bits per heavy atom. The molecule has 0 bridgehead atoms. The highest BCUT2D eigenvalue weighted by Gasteiger charge is 2.33. The predicted molar refractivity (Wildman–Crippen MR) is 105 cm³/mol. The molecule has 0 fully saturated rings. The number of carbonyl (C=O) groups excluding carboxylic acids is 1. The van der Waals surface area contributed by atoms with E-state index in [4.69, 9.17) is 0 Å². The average molecular weight is 404 g/mol. The monoisotopic (exact) mass is 404 g/mol. The SMILES string of the molecule is CC[C@H](C)NC(=O)c1cc(Sc2ccccc2C(F)(F)F)nc2ccccc12. The molecule has 146 valence electrons. The second-order valence-electron chi connectivity index (χ2n) is 6.40. The van der Waals surface area contributed by atoms with Crippen LogP contribution in [0.1, 0.15) is 36.2 Å². The molecule has 1 atom stereocenters. The van der Waals surface area contributed by atoms with Gasteiger partial charge in [0.05, 0.1) is 16.6 Å². The summed E-state index contributed by atoms with van der Waals surface area (Å²) in [5, 5.41) is 3.91. The van der Waals surface area contributed by atoms with Crippen LogP contribution < -0.4 is 5.32 Å². The van der Waals surface area contributed by atoms with Gasteiger partial charge in [-0.05, 0) is 37.6 Å². The Morgan fingerprint density at radius 2 is 1.82 bits per heavy atom. The Hall–Kier alpha value is -2.54. The van der Waals surface area contributed by atoms with E-state index in [1.54, 1.807) is 36.4 Å². The van der Waals surface area contributed by atoms with Crippen LogP contribution in [-0.2, 0) is 6.18 Å². The normalized spacial score (nSPS) is 12.8. The summed E-state index contributed by atoms with van der Waals surface area (Å²) in [4.78, 5) is 17.2. The lowest BCUT2D eigenvalue weighted by molar-refractivity contribution is -0.139. The van der Waals surface area contributed by atoms with Crippen LogP contribution in [0.2, 0.25) is 0 Å². The minimum atomic E-state index is -4.46. The van der Waals surface area contributed by atoms with Gasteiger partial charge in [-0.25, -0.2) is 4.98 Å². The summed E-state index contributed by atoms with van der Waals surface area (Å²) < 4.78 is 39.9. The van der Waals surface area contributed by atoms with E-state index in [-0.39, 0.29) is 16.8 Å². The molecule has 3 aromatic rings. The molecule has 7 heteroatoms. The first-order chi connectivity index (χ1) is 13.3. The molecule has 2 aromatic carbocycles. The first kappa shape index (κ1) is 20.2. The molecule has 0 saturated heterocycles. The Bertz CT molecular complexity index is 1000. The van der Waals surface area contributed by atoms with Gasteiger partial charge >= 0.3 is 6.18 Å².